The average Bonchev–Trinajstić information content (AvgIpc) is 3.36. The van der Waals surface area contributed by atoms with Gasteiger partial charge in [0.25, 0.3) is 5.91 Å². The van der Waals surface area contributed by atoms with Gasteiger partial charge in [0.1, 0.15) is 11.1 Å². The maximum Gasteiger partial charge on any atom is 0.255 e. The highest BCUT2D eigenvalue weighted by atomic mass is 35.5. The molecule has 0 aliphatic carbocycles. The van der Waals surface area contributed by atoms with E-state index in [4.69, 9.17) is 27.6 Å². The van der Waals surface area contributed by atoms with Gasteiger partial charge in [-0.15, -0.1) is 11.8 Å². The van der Waals surface area contributed by atoms with Crippen LogP contribution in [0.25, 0.3) is 0 Å². The summed E-state index contributed by atoms with van der Waals surface area (Å²) in [6, 6.07) is 15.8. The number of hydrogen-bond donors (Lipinski definition) is 1. The maximum atomic E-state index is 12.5. The molecule has 2 aromatic carbocycles. The fourth-order valence-corrected chi connectivity index (χ4v) is 4.53. The molecule has 3 aromatic rings. The molecule has 29 heavy (non-hydrogen) atoms. The standard InChI is InChI=1S/C21H16Cl2N2O3S/c22-17-8-7-15(10-18(17)23)24-20(27)13-3-5-14(6-4-13)21-25(19(26)12-29-21)11-16-2-1-9-28-16/h1-10,21H,11-12H2,(H,24,27)/t21-/m0/s1. The van der Waals surface area contributed by atoms with Crippen LogP contribution in [0.2, 0.25) is 10.0 Å². The summed E-state index contributed by atoms with van der Waals surface area (Å²) in [5, 5.41) is 3.49. The number of rotatable bonds is 5. The molecule has 4 rings (SSSR count). The topological polar surface area (TPSA) is 62.6 Å². The minimum absolute atomic E-state index is 0.0674. The van der Waals surface area contributed by atoms with Gasteiger partial charge in [-0.1, -0.05) is 35.3 Å². The number of amides is 2. The molecular formula is C21H16Cl2N2O3S. The Bertz CT molecular complexity index is 1040. The zero-order valence-corrected chi connectivity index (χ0v) is 17.4. The molecule has 0 spiro atoms. The first-order valence-electron chi connectivity index (χ1n) is 8.81. The van der Waals surface area contributed by atoms with Crippen LogP contribution in [0.4, 0.5) is 5.69 Å². The van der Waals surface area contributed by atoms with E-state index >= 15 is 0 Å². The highest BCUT2D eigenvalue weighted by molar-refractivity contribution is 8.00. The second-order valence-corrected chi connectivity index (χ2v) is 8.35. The molecule has 0 saturated carbocycles. The van der Waals surface area contributed by atoms with Gasteiger partial charge < -0.3 is 14.6 Å². The fourth-order valence-electron chi connectivity index (χ4n) is 3.05. The molecule has 148 valence electrons. The summed E-state index contributed by atoms with van der Waals surface area (Å²) >= 11 is 13.4. The number of benzene rings is 2. The van der Waals surface area contributed by atoms with Gasteiger partial charge in [-0.3, -0.25) is 9.59 Å². The third-order valence-electron chi connectivity index (χ3n) is 4.51. The van der Waals surface area contributed by atoms with Crippen LogP contribution >= 0.6 is 35.0 Å². The van der Waals surface area contributed by atoms with Crippen LogP contribution in [0.15, 0.2) is 65.3 Å². The minimum atomic E-state index is -0.252. The normalized spacial score (nSPS) is 16.3. The van der Waals surface area contributed by atoms with E-state index < -0.39 is 0 Å². The molecule has 1 aliphatic rings. The van der Waals surface area contributed by atoms with Crippen molar-refractivity contribution in [1.29, 1.82) is 0 Å². The van der Waals surface area contributed by atoms with Gasteiger partial charge in [0, 0.05) is 11.3 Å². The van der Waals surface area contributed by atoms with E-state index in [0.29, 0.717) is 33.6 Å². The summed E-state index contributed by atoms with van der Waals surface area (Å²) in [5.41, 5.74) is 2.03. The zero-order valence-electron chi connectivity index (χ0n) is 15.1. The largest absolute Gasteiger partial charge is 0.467 e. The summed E-state index contributed by atoms with van der Waals surface area (Å²) in [5.74, 6) is 0.976. The molecule has 0 unspecified atom stereocenters. The first-order valence-corrected chi connectivity index (χ1v) is 10.6. The van der Waals surface area contributed by atoms with Crippen LogP contribution in [0, 0.1) is 0 Å². The van der Waals surface area contributed by atoms with Gasteiger partial charge in [-0.25, -0.2) is 0 Å². The molecular weight excluding hydrogens is 431 g/mol. The second-order valence-electron chi connectivity index (χ2n) is 6.47. The van der Waals surface area contributed by atoms with Crippen LogP contribution in [-0.4, -0.2) is 22.5 Å². The Kier molecular flexibility index (Phi) is 5.85. The van der Waals surface area contributed by atoms with Gasteiger partial charge in [-0.2, -0.15) is 0 Å². The third kappa shape index (κ3) is 4.45. The molecule has 8 heteroatoms. The molecule has 0 bridgehead atoms. The van der Waals surface area contributed by atoms with E-state index in [9.17, 15) is 9.59 Å². The first kappa shape index (κ1) is 19.9. The number of carbonyl (C=O) groups is 2. The first-order chi connectivity index (χ1) is 14.0. The van der Waals surface area contributed by atoms with Gasteiger partial charge in [0.05, 0.1) is 28.6 Å². The summed E-state index contributed by atoms with van der Waals surface area (Å²) < 4.78 is 5.38. The lowest BCUT2D eigenvalue weighted by Gasteiger charge is -2.23. The molecule has 5 nitrogen and oxygen atoms in total. The second kappa shape index (κ2) is 8.53. The van der Waals surface area contributed by atoms with Gasteiger partial charge in [0.2, 0.25) is 5.91 Å². The summed E-state index contributed by atoms with van der Waals surface area (Å²) in [6.07, 6.45) is 1.60. The van der Waals surface area contributed by atoms with Crippen molar-refractivity contribution in [2.45, 2.75) is 11.9 Å². The van der Waals surface area contributed by atoms with Crippen LogP contribution in [0.5, 0.6) is 0 Å². The zero-order chi connectivity index (χ0) is 20.4. The predicted octanol–water partition coefficient (Wildman–Crippen LogP) is 5.61. The highest BCUT2D eigenvalue weighted by Crippen LogP contribution is 2.39. The van der Waals surface area contributed by atoms with Crippen molar-refractivity contribution in [2.24, 2.45) is 0 Å². The lowest BCUT2D eigenvalue weighted by atomic mass is 10.1. The third-order valence-corrected chi connectivity index (χ3v) is 6.50. The lowest BCUT2D eigenvalue weighted by Crippen LogP contribution is -2.27. The number of thioether (sulfide) groups is 1. The predicted molar refractivity (Wildman–Crippen MR) is 115 cm³/mol. The van der Waals surface area contributed by atoms with Crippen molar-refractivity contribution in [2.75, 3.05) is 11.1 Å². The summed E-state index contributed by atoms with van der Waals surface area (Å²) in [4.78, 5) is 26.6. The van der Waals surface area contributed by atoms with E-state index in [1.54, 1.807) is 59.3 Å². The molecule has 1 fully saturated rings. The molecule has 2 heterocycles. The van der Waals surface area contributed by atoms with Crippen LogP contribution in [-0.2, 0) is 11.3 Å². The number of anilines is 1. The Morgan fingerprint density at radius 3 is 2.62 bits per heavy atom. The lowest BCUT2D eigenvalue weighted by molar-refractivity contribution is -0.128. The molecule has 0 radical (unpaired) electrons. The van der Waals surface area contributed by atoms with E-state index in [0.717, 1.165) is 11.3 Å². The number of carbonyl (C=O) groups excluding carboxylic acids is 2. The van der Waals surface area contributed by atoms with Crippen LogP contribution < -0.4 is 5.32 Å². The molecule has 1 aliphatic heterocycles. The quantitative estimate of drug-likeness (QED) is 0.552. The number of nitrogens with zero attached hydrogens (tertiary/aromatic N) is 1. The summed E-state index contributed by atoms with van der Waals surface area (Å²) in [6.45, 7) is 0.420. The Labute approximate surface area is 182 Å². The Morgan fingerprint density at radius 2 is 1.93 bits per heavy atom. The molecule has 1 atom stereocenters. The maximum absolute atomic E-state index is 12.5. The molecule has 2 amide bonds. The van der Waals surface area contributed by atoms with Crippen molar-refractivity contribution in [3.05, 3.63) is 87.8 Å². The van der Waals surface area contributed by atoms with E-state index in [1.165, 1.54) is 0 Å². The highest BCUT2D eigenvalue weighted by Gasteiger charge is 2.33. The Balaban J connectivity index is 1.47. The SMILES string of the molecule is O=C(Nc1ccc(Cl)c(Cl)c1)c1ccc([C@@H]2SCC(=O)N2Cc2ccco2)cc1. The van der Waals surface area contributed by atoms with Gasteiger partial charge in [0.15, 0.2) is 0 Å². The number of hydrogen-bond acceptors (Lipinski definition) is 4. The van der Waals surface area contributed by atoms with E-state index in [1.807, 2.05) is 18.2 Å². The summed E-state index contributed by atoms with van der Waals surface area (Å²) in [7, 11) is 0. The molecule has 1 saturated heterocycles. The van der Waals surface area contributed by atoms with Gasteiger partial charge >= 0.3 is 0 Å². The van der Waals surface area contributed by atoms with Crippen molar-refractivity contribution in [3.8, 4) is 0 Å². The number of furan rings is 1. The fraction of sp³-hybridized carbons (Fsp3) is 0.143. The minimum Gasteiger partial charge on any atom is -0.467 e. The average molecular weight is 447 g/mol. The van der Waals surface area contributed by atoms with Crippen molar-refractivity contribution in [3.63, 3.8) is 0 Å². The van der Waals surface area contributed by atoms with Crippen molar-refractivity contribution >= 4 is 52.5 Å². The van der Waals surface area contributed by atoms with E-state index in [2.05, 4.69) is 5.32 Å². The molecule has 1 N–H and O–H groups in total. The van der Waals surface area contributed by atoms with Crippen molar-refractivity contribution in [1.82, 2.24) is 4.90 Å². The smallest absolute Gasteiger partial charge is 0.255 e. The number of nitrogens with one attached hydrogen (secondary N) is 1. The van der Waals surface area contributed by atoms with Gasteiger partial charge in [-0.05, 0) is 48.0 Å². The monoisotopic (exact) mass is 446 g/mol. The van der Waals surface area contributed by atoms with Crippen LogP contribution in [0.1, 0.15) is 27.1 Å². The van der Waals surface area contributed by atoms with E-state index in [-0.39, 0.29) is 17.2 Å². The Morgan fingerprint density at radius 1 is 1.14 bits per heavy atom. The van der Waals surface area contributed by atoms with Crippen molar-refractivity contribution < 1.29 is 14.0 Å². The van der Waals surface area contributed by atoms with Crippen LogP contribution in [0.3, 0.4) is 0 Å². The number of halogens is 2. The Hall–Kier alpha value is -2.41. The molecule has 1 aromatic heterocycles.